The van der Waals surface area contributed by atoms with Crippen LogP contribution in [0.1, 0.15) is 0 Å². The molecule has 53 valence electrons. The quantitative estimate of drug-likeness (QED) is 0.574. The molecule has 1 radical (unpaired) electrons. The van der Waals surface area contributed by atoms with Gasteiger partial charge in [-0.2, -0.15) is 5.10 Å². The van der Waals surface area contributed by atoms with Gasteiger partial charge >= 0.3 is 0 Å². The number of aromatic nitrogens is 3. The first-order chi connectivity index (χ1) is 5.38. The lowest BCUT2D eigenvalue weighted by atomic mass is 10.3. The molecule has 4 heteroatoms. The fourth-order valence-corrected chi connectivity index (χ4v) is 0.868. The van der Waals surface area contributed by atoms with Crippen molar-refractivity contribution in [1.29, 1.82) is 0 Å². The van der Waals surface area contributed by atoms with Gasteiger partial charge in [0.2, 0.25) is 0 Å². The topological polar surface area (TPSA) is 58.6 Å². The van der Waals surface area contributed by atoms with Crippen LogP contribution in [0.25, 0.3) is 10.9 Å². The minimum absolute atomic E-state index is 0.278. The van der Waals surface area contributed by atoms with Crippen LogP contribution in [0.4, 0.5) is 0 Å². The maximum atomic E-state index is 11.0. The van der Waals surface area contributed by atoms with E-state index >= 15 is 0 Å². The van der Waals surface area contributed by atoms with E-state index in [1.165, 1.54) is 0 Å². The van der Waals surface area contributed by atoms with Crippen molar-refractivity contribution in [2.24, 2.45) is 0 Å². The van der Waals surface area contributed by atoms with E-state index in [1.54, 1.807) is 18.3 Å². The summed E-state index contributed by atoms with van der Waals surface area (Å²) in [6.07, 6.45) is 4.18. The molecule has 2 aromatic heterocycles. The Kier molecular flexibility index (Phi) is 1.18. The van der Waals surface area contributed by atoms with E-state index in [4.69, 9.17) is 0 Å². The van der Waals surface area contributed by atoms with Gasteiger partial charge in [0.1, 0.15) is 11.7 Å². The number of pyridine rings is 1. The number of nitrogens with zero attached hydrogens (tertiary/aromatic N) is 2. The first kappa shape index (κ1) is 6.03. The van der Waals surface area contributed by atoms with Crippen LogP contribution in [0.2, 0.25) is 0 Å². The fraction of sp³-hybridized carbons (Fsp3) is 0. The highest BCUT2D eigenvalue weighted by Gasteiger charge is 1.96. The number of hydrogen-bond donors (Lipinski definition) is 1. The summed E-state index contributed by atoms with van der Waals surface area (Å²) in [5.74, 6) is 0. The van der Waals surface area contributed by atoms with Crippen LogP contribution in [0.3, 0.4) is 0 Å². The molecule has 0 unspecified atom stereocenters. The van der Waals surface area contributed by atoms with Gasteiger partial charge in [-0.3, -0.25) is 9.78 Å². The van der Waals surface area contributed by atoms with Gasteiger partial charge in [-0.15, -0.1) is 0 Å². The molecule has 0 aromatic carbocycles. The van der Waals surface area contributed by atoms with Gasteiger partial charge in [-0.05, 0) is 12.1 Å². The third-order valence-electron chi connectivity index (χ3n) is 1.36. The highest BCUT2D eigenvalue weighted by atomic mass is 16.1. The van der Waals surface area contributed by atoms with Crippen molar-refractivity contribution in [2.45, 2.75) is 0 Å². The molecule has 2 rings (SSSR count). The van der Waals surface area contributed by atoms with Crippen molar-refractivity contribution in [3.63, 3.8) is 0 Å². The van der Waals surface area contributed by atoms with E-state index in [0.717, 1.165) is 0 Å². The molecule has 0 amide bonds. The Morgan fingerprint density at radius 3 is 3.27 bits per heavy atom. The molecule has 1 N–H and O–H groups in total. The van der Waals surface area contributed by atoms with Crippen LogP contribution >= 0.6 is 0 Å². The Bertz CT molecular complexity index is 429. The van der Waals surface area contributed by atoms with Crippen molar-refractivity contribution in [1.82, 2.24) is 15.2 Å². The maximum Gasteiger partial charge on any atom is 0.290 e. The average Bonchev–Trinajstić information content (AvgIpc) is 2.06. The molecule has 4 nitrogen and oxygen atoms in total. The van der Waals surface area contributed by atoms with Crippen molar-refractivity contribution in [3.8, 4) is 0 Å². The van der Waals surface area contributed by atoms with E-state index in [0.29, 0.717) is 10.9 Å². The molecule has 0 atom stereocenters. The van der Waals surface area contributed by atoms with Crippen LogP contribution < -0.4 is 5.56 Å². The third-order valence-corrected chi connectivity index (χ3v) is 1.36. The van der Waals surface area contributed by atoms with Gasteiger partial charge in [0, 0.05) is 11.6 Å². The summed E-state index contributed by atoms with van der Waals surface area (Å²) in [7, 11) is 0. The lowest BCUT2D eigenvalue weighted by molar-refractivity contribution is 0.996. The smallest absolute Gasteiger partial charge is 0.266 e. The number of hydrogen-bond acceptors (Lipinski definition) is 3. The molecule has 0 saturated heterocycles. The lowest BCUT2D eigenvalue weighted by Gasteiger charge is -1.89. The highest BCUT2D eigenvalue weighted by Crippen LogP contribution is 1.99. The molecular weight excluding hydrogens is 142 g/mol. The zero-order valence-electron chi connectivity index (χ0n) is 5.53. The fourth-order valence-electron chi connectivity index (χ4n) is 0.868. The molecule has 0 bridgehead atoms. The summed E-state index contributed by atoms with van der Waals surface area (Å²) >= 11 is 0. The standard InChI is InChI=1S/C7H4N3O/c11-7-6-5(4-9-10-7)2-1-3-8-6/h1-3H,(H,10,11). The van der Waals surface area contributed by atoms with E-state index in [9.17, 15) is 4.79 Å². The number of nitrogens with one attached hydrogen (secondary N) is 1. The molecule has 0 spiro atoms. The SMILES string of the molecule is O=c1[nH]n[c]c2cccnc12. The van der Waals surface area contributed by atoms with E-state index in [2.05, 4.69) is 21.4 Å². The molecule has 0 fully saturated rings. The molecule has 0 aliphatic carbocycles. The summed E-state index contributed by atoms with van der Waals surface area (Å²) in [5, 5.41) is 6.40. The van der Waals surface area contributed by atoms with Crippen LogP contribution in [-0.4, -0.2) is 15.2 Å². The second kappa shape index (κ2) is 2.16. The normalized spacial score (nSPS) is 10.2. The van der Waals surface area contributed by atoms with E-state index in [1.807, 2.05) is 0 Å². The van der Waals surface area contributed by atoms with Gasteiger partial charge < -0.3 is 0 Å². The lowest BCUT2D eigenvalue weighted by Crippen LogP contribution is -2.08. The zero-order chi connectivity index (χ0) is 7.68. The average molecular weight is 146 g/mol. The van der Waals surface area contributed by atoms with Crippen molar-refractivity contribution >= 4 is 10.9 Å². The summed E-state index contributed by atoms with van der Waals surface area (Å²) < 4.78 is 0. The first-order valence-corrected chi connectivity index (χ1v) is 3.09. The Morgan fingerprint density at radius 2 is 2.45 bits per heavy atom. The molecular formula is C7H4N3O. The largest absolute Gasteiger partial charge is 0.290 e. The Labute approximate surface area is 61.9 Å². The molecule has 0 saturated carbocycles. The molecule has 2 aromatic rings. The number of rotatable bonds is 0. The summed E-state index contributed by atoms with van der Waals surface area (Å²) in [5.41, 5.74) is 0.0989. The highest BCUT2D eigenvalue weighted by molar-refractivity contribution is 5.74. The van der Waals surface area contributed by atoms with Gasteiger partial charge in [0.05, 0.1) is 0 Å². The van der Waals surface area contributed by atoms with Crippen molar-refractivity contribution in [3.05, 3.63) is 34.9 Å². The van der Waals surface area contributed by atoms with Crippen LogP contribution in [0.15, 0.2) is 23.1 Å². The second-order valence-electron chi connectivity index (χ2n) is 2.06. The second-order valence-corrected chi connectivity index (χ2v) is 2.06. The predicted octanol–water partition coefficient (Wildman–Crippen LogP) is 0.118. The van der Waals surface area contributed by atoms with Gasteiger partial charge in [-0.25, -0.2) is 5.10 Å². The minimum Gasteiger partial charge on any atom is -0.266 e. The number of H-pyrrole nitrogens is 1. The van der Waals surface area contributed by atoms with E-state index < -0.39 is 0 Å². The predicted molar refractivity (Wildman–Crippen MR) is 39.0 cm³/mol. The van der Waals surface area contributed by atoms with Gasteiger partial charge in [-0.1, -0.05) is 0 Å². The maximum absolute atomic E-state index is 11.0. The Hall–Kier alpha value is -1.71. The van der Waals surface area contributed by atoms with Crippen LogP contribution in [0, 0.1) is 6.20 Å². The van der Waals surface area contributed by atoms with Gasteiger partial charge in [0.15, 0.2) is 0 Å². The Balaban J connectivity index is 3.03. The van der Waals surface area contributed by atoms with E-state index in [-0.39, 0.29) is 5.56 Å². The summed E-state index contributed by atoms with van der Waals surface area (Å²) in [6.45, 7) is 0. The molecule has 0 aliphatic heterocycles. The molecule has 11 heavy (non-hydrogen) atoms. The summed E-state index contributed by atoms with van der Waals surface area (Å²) in [6, 6.07) is 3.48. The van der Waals surface area contributed by atoms with Crippen molar-refractivity contribution < 1.29 is 0 Å². The van der Waals surface area contributed by atoms with Crippen LogP contribution in [-0.2, 0) is 0 Å². The first-order valence-electron chi connectivity index (χ1n) is 3.09. The number of fused-ring (bicyclic) bond motifs is 1. The summed E-state index contributed by atoms with van der Waals surface area (Å²) in [4.78, 5) is 14.8. The van der Waals surface area contributed by atoms with Crippen LogP contribution in [0.5, 0.6) is 0 Å². The zero-order valence-corrected chi connectivity index (χ0v) is 5.53. The Morgan fingerprint density at radius 1 is 1.55 bits per heavy atom. The number of aromatic amines is 1. The van der Waals surface area contributed by atoms with Gasteiger partial charge in [0.25, 0.3) is 5.56 Å². The minimum atomic E-state index is -0.278. The van der Waals surface area contributed by atoms with Crippen molar-refractivity contribution in [2.75, 3.05) is 0 Å². The monoisotopic (exact) mass is 146 g/mol. The molecule has 2 heterocycles. The third kappa shape index (κ3) is 0.881. The molecule has 0 aliphatic rings.